The molecule has 0 saturated heterocycles. The van der Waals surface area contributed by atoms with E-state index >= 15 is 0 Å². The molecule has 4 nitrogen and oxygen atoms in total. The van der Waals surface area contributed by atoms with Crippen LogP contribution in [0.15, 0.2) is 30.3 Å². The molecule has 124 valence electrons. The van der Waals surface area contributed by atoms with Crippen LogP contribution in [0, 0.1) is 19.7 Å². The zero-order valence-electron chi connectivity index (χ0n) is 14.2. The summed E-state index contributed by atoms with van der Waals surface area (Å²) in [5, 5.41) is 3.17. The van der Waals surface area contributed by atoms with Gasteiger partial charge in [-0.1, -0.05) is 0 Å². The second-order valence-corrected chi connectivity index (χ2v) is 6.00. The van der Waals surface area contributed by atoms with Crippen LogP contribution < -0.4 is 5.32 Å². The number of aromatic nitrogens is 1. The summed E-state index contributed by atoms with van der Waals surface area (Å²) in [5.41, 5.74) is 3.42. The van der Waals surface area contributed by atoms with Crippen molar-refractivity contribution < 1.29 is 9.18 Å². The smallest absolute Gasteiger partial charge is 0.178 e. The van der Waals surface area contributed by atoms with E-state index in [-0.39, 0.29) is 11.6 Å². The number of halogens is 1. The molecule has 1 aromatic heterocycles. The first kappa shape index (κ1) is 17.4. The second kappa shape index (κ2) is 7.53. The van der Waals surface area contributed by atoms with E-state index in [4.69, 9.17) is 0 Å². The van der Waals surface area contributed by atoms with Crippen LogP contribution in [0.1, 0.15) is 21.7 Å². The van der Waals surface area contributed by atoms with Gasteiger partial charge >= 0.3 is 0 Å². The largest absolute Gasteiger partial charge is 0.318 e. The number of aryl methyl sites for hydroxylation is 1. The Bertz CT molecular complexity index is 674. The van der Waals surface area contributed by atoms with E-state index in [0.717, 1.165) is 30.2 Å². The fraction of sp³-hybridized carbons (Fsp3) is 0.389. The van der Waals surface area contributed by atoms with Crippen molar-refractivity contribution in [2.24, 2.45) is 0 Å². The summed E-state index contributed by atoms with van der Waals surface area (Å²) in [7, 11) is 4.00. The Kier molecular flexibility index (Phi) is 5.69. The Morgan fingerprint density at radius 2 is 1.87 bits per heavy atom. The number of hydrogen-bond acceptors (Lipinski definition) is 3. The summed E-state index contributed by atoms with van der Waals surface area (Å²) >= 11 is 0. The van der Waals surface area contributed by atoms with E-state index < -0.39 is 0 Å². The summed E-state index contributed by atoms with van der Waals surface area (Å²) in [6.07, 6.45) is 0. The van der Waals surface area contributed by atoms with E-state index in [1.807, 2.05) is 38.6 Å². The number of likely N-dealkylation sites (N-methyl/N-ethyl adjacent to an activating group) is 1. The number of carbonyl (C=O) groups is 1. The first-order valence-corrected chi connectivity index (χ1v) is 7.73. The van der Waals surface area contributed by atoms with Crippen molar-refractivity contribution >= 4 is 5.78 Å². The maximum atomic E-state index is 13.1. The lowest BCUT2D eigenvalue weighted by atomic mass is 10.1. The van der Waals surface area contributed by atoms with Gasteiger partial charge < -0.3 is 14.8 Å². The number of hydrogen-bond donors (Lipinski definition) is 1. The maximum Gasteiger partial charge on any atom is 0.178 e. The highest BCUT2D eigenvalue weighted by Gasteiger charge is 2.16. The molecule has 1 N–H and O–H groups in total. The van der Waals surface area contributed by atoms with Crippen molar-refractivity contribution in [1.82, 2.24) is 14.8 Å². The normalized spacial score (nSPS) is 11.2. The molecule has 0 bridgehead atoms. The predicted molar refractivity (Wildman–Crippen MR) is 91.0 cm³/mol. The van der Waals surface area contributed by atoms with Crippen molar-refractivity contribution in [2.75, 3.05) is 33.7 Å². The number of ketones is 1. The van der Waals surface area contributed by atoms with Crippen molar-refractivity contribution in [3.05, 3.63) is 53.1 Å². The fourth-order valence-corrected chi connectivity index (χ4v) is 2.63. The molecule has 0 atom stereocenters. The highest BCUT2D eigenvalue weighted by atomic mass is 19.1. The van der Waals surface area contributed by atoms with Crippen LogP contribution in [-0.2, 0) is 0 Å². The molecule has 0 unspecified atom stereocenters. The van der Waals surface area contributed by atoms with Gasteiger partial charge in [0.1, 0.15) is 5.82 Å². The number of nitrogens with zero attached hydrogens (tertiary/aromatic N) is 2. The van der Waals surface area contributed by atoms with Crippen LogP contribution in [0.5, 0.6) is 0 Å². The monoisotopic (exact) mass is 317 g/mol. The van der Waals surface area contributed by atoms with Gasteiger partial charge in [-0.05, 0) is 58.3 Å². The lowest BCUT2D eigenvalue weighted by Crippen LogP contribution is -2.30. The zero-order chi connectivity index (χ0) is 17.0. The Balaban J connectivity index is 2.14. The molecule has 1 heterocycles. The zero-order valence-corrected chi connectivity index (χ0v) is 14.2. The van der Waals surface area contributed by atoms with Crippen LogP contribution in [0.25, 0.3) is 5.69 Å². The molecule has 0 aliphatic carbocycles. The molecular weight excluding hydrogens is 293 g/mol. The van der Waals surface area contributed by atoms with E-state index in [1.54, 1.807) is 12.1 Å². The molecule has 0 radical (unpaired) electrons. The summed E-state index contributed by atoms with van der Waals surface area (Å²) < 4.78 is 15.1. The van der Waals surface area contributed by atoms with Crippen molar-refractivity contribution in [1.29, 1.82) is 0 Å². The quantitative estimate of drug-likeness (QED) is 0.630. The van der Waals surface area contributed by atoms with Gasteiger partial charge in [-0.25, -0.2) is 4.39 Å². The van der Waals surface area contributed by atoms with E-state index in [2.05, 4.69) is 10.2 Å². The first-order valence-electron chi connectivity index (χ1n) is 7.73. The summed E-state index contributed by atoms with van der Waals surface area (Å²) in [5.74, 6) is -0.192. The molecular formula is C18H24FN3O. The Morgan fingerprint density at radius 1 is 1.22 bits per heavy atom. The molecule has 2 rings (SSSR count). The number of nitrogens with one attached hydrogen (secondary N) is 1. The molecule has 0 amide bonds. The maximum absolute atomic E-state index is 13.1. The lowest BCUT2D eigenvalue weighted by molar-refractivity contribution is 0.0990. The topological polar surface area (TPSA) is 37.3 Å². The summed E-state index contributed by atoms with van der Waals surface area (Å²) in [4.78, 5) is 14.5. The van der Waals surface area contributed by atoms with Gasteiger partial charge in [0.05, 0.1) is 6.54 Å². The minimum atomic E-state index is -0.266. The number of carbonyl (C=O) groups excluding carboxylic acids is 1. The summed E-state index contributed by atoms with van der Waals surface area (Å²) in [6.45, 7) is 5.86. The van der Waals surface area contributed by atoms with E-state index in [0.29, 0.717) is 12.1 Å². The molecule has 0 aliphatic rings. The van der Waals surface area contributed by atoms with Gasteiger partial charge in [0.2, 0.25) is 0 Å². The number of benzene rings is 1. The van der Waals surface area contributed by atoms with E-state index in [9.17, 15) is 9.18 Å². The van der Waals surface area contributed by atoms with E-state index in [1.165, 1.54) is 12.1 Å². The lowest BCUT2D eigenvalue weighted by Gasteiger charge is -2.11. The second-order valence-electron chi connectivity index (χ2n) is 6.00. The Morgan fingerprint density at radius 3 is 2.48 bits per heavy atom. The highest BCUT2D eigenvalue weighted by Crippen LogP contribution is 2.21. The average molecular weight is 317 g/mol. The Hall–Kier alpha value is -1.98. The molecule has 0 fully saturated rings. The van der Waals surface area contributed by atoms with Crippen LogP contribution in [0.3, 0.4) is 0 Å². The molecule has 0 aliphatic heterocycles. The molecule has 0 spiro atoms. The number of Topliss-reactive ketones (excluding diaryl/α,β-unsaturated/α-hetero) is 1. The molecule has 2 aromatic rings. The van der Waals surface area contributed by atoms with Gasteiger partial charge in [-0.15, -0.1) is 0 Å². The highest BCUT2D eigenvalue weighted by molar-refractivity contribution is 5.99. The van der Waals surface area contributed by atoms with Crippen molar-refractivity contribution in [3.8, 4) is 5.69 Å². The molecule has 23 heavy (non-hydrogen) atoms. The third-order valence-corrected chi connectivity index (χ3v) is 3.84. The standard InChI is InChI=1S/C18H24FN3O/c1-13-11-17(18(23)12-20-9-10-21(3)4)14(2)22(13)16-7-5-15(19)6-8-16/h5-8,11,20H,9-10,12H2,1-4H3. The van der Waals surface area contributed by atoms with Gasteiger partial charge in [0, 0.05) is 35.7 Å². The number of rotatable bonds is 7. The van der Waals surface area contributed by atoms with Crippen molar-refractivity contribution in [3.63, 3.8) is 0 Å². The molecule has 5 heteroatoms. The van der Waals surface area contributed by atoms with Gasteiger partial charge in [-0.3, -0.25) is 4.79 Å². The van der Waals surface area contributed by atoms with Crippen LogP contribution >= 0.6 is 0 Å². The first-order chi connectivity index (χ1) is 10.9. The fourth-order valence-electron chi connectivity index (χ4n) is 2.63. The summed E-state index contributed by atoms with van der Waals surface area (Å²) in [6, 6.07) is 8.20. The Labute approximate surface area is 136 Å². The van der Waals surface area contributed by atoms with Crippen LogP contribution in [0.4, 0.5) is 4.39 Å². The van der Waals surface area contributed by atoms with Gasteiger partial charge in [0.15, 0.2) is 5.78 Å². The van der Waals surface area contributed by atoms with Gasteiger partial charge in [0.25, 0.3) is 0 Å². The van der Waals surface area contributed by atoms with Crippen LogP contribution in [0.2, 0.25) is 0 Å². The van der Waals surface area contributed by atoms with Gasteiger partial charge in [-0.2, -0.15) is 0 Å². The average Bonchev–Trinajstić information content (AvgIpc) is 2.79. The third kappa shape index (κ3) is 4.27. The molecule has 0 saturated carbocycles. The minimum Gasteiger partial charge on any atom is -0.318 e. The third-order valence-electron chi connectivity index (χ3n) is 3.84. The predicted octanol–water partition coefficient (Wildman–Crippen LogP) is 2.57. The SMILES string of the molecule is Cc1cc(C(=O)CNCCN(C)C)c(C)n1-c1ccc(F)cc1. The minimum absolute atomic E-state index is 0.0743. The van der Waals surface area contributed by atoms with Crippen molar-refractivity contribution in [2.45, 2.75) is 13.8 Å². The van der Waals surface area contributed by atoms with Crippen LogP contribution in [-0.4, -0.2) is 49.0 Å². The molecule has 1 aromatic carbocycles.